The zero-order valence-corrected chi connectivity index (χ0v) is 20.0. The van der Waals surface area contributed by atoms with E-state index in [0.717, 1.165) is 20.6 Å². The largest absolute Gasteiger partial charge is 0.343 e. The van der Waals surface area contributed by atoms with Gasteiger partial charge in [-0.2, -0.15) is 0 Å². The Kier molecular flexibility index (Phi) is 7.23. The van der Waals surface area contributed by atoms with E-state index >= 15 is 0 Å². The summed E-state index contributed by atoms with van der Waals surface area (Å²) in [6, 6.07) is 22.5. The number of amides is 1. The molecule has 0 bridgehead atoms. The fraction of sp³-hybridized carbons (Fsp3) is 0.222. The van der Waals surface area contributed by atoms with Crippen molar-refractivity contribution in [1.82, 2.24) is 14.5 Å². The van der Waals surface area contributed by atoms with Crippen LogP contribution in [0.2, 0.25) is 0 Å². The lowest BCUT2D eigenvalue weighted by Crippen LogP contribution is -2.43. The summed E-state index contributed by atoms with van der Waals surface area (Å²) >= 11 is 1.55. The van der Waals surface area contributed by atoms with Gasteiger partial charge in [0.1, 0.15) is 6.54 Å². The average molecular weight is 474 g/mol. The van der Waals surface area contributed by atoms with Crippen LogP contribution in [0.15, 0.2) is 94.0 Å². The van der Waals surface area contributed by atoms with Gasteiger partial charge < -0.3 is 5.32 Å². The van der Waals surface area contributed by atoms with E-state index in [0.29, 0.717) is 12.5 Å². The topological polar surface area (TPSA) is 73.1 Å². The zero-order chi connectivity index (χ0) is 24.1. The lowest BCUT2D eigenvalue weighted by Gasteiger charge is -2.19. The van der Waals surface area contributed by atoms with Gasteiger partial charge in [-0.05, 0) is 34.1 Å². The molecule has 7 heteroatoms. The summed E-state index contributed by atoms with van der Waals surface area (Å²) < 4.78 is 2.41. The first-order valence-electron chi connectivity index (χ1n) is 11.2. The van der Waals surface area contributed by atoms with E-state index in [9.17, 15) is 14.4 Å². The molecule has 0 aliphatic rings. The van der Waals surface area contributed by atoms with Crippen molar-refractivity contribution in [2.45, 2.75) is 38.9 Å². The van der Waals surface area contributed by atoms with E-state index < -0.39 is 17.2 Å². The second-order valence-electron chi connectivity index (χ2n) is 8.47. The molecule has 2 aromatic heterocycles. The van der Waals surface area contributed by atoms with Crippen LogP contribution in [0, 0.1) is 0 Å². The molecule has 0 fully saturated rings. The molecular formula is C27H27N3O3S. The van der Waals surface area contributed by atoms with Crippen molar-refractivity contribution in [3.63, 3.8) is 0 Å². The summed E-state index contributed by atoms with van der Waals surface area (Å²) in [7, 11) is 0. The molecule has 0 radical (unpaired) electrons. The Balaban J connectivity index is 1.57. The number of rotatable bonds is 8. The number of benzene rings is 2. The number of carbonyl (C=O) groups is 1. The van der Waals surface area contributed by atoms with Gasteiger partial charge in [0, 0.05) is 17.1 Å². The molecule has 2 aromatic carbocycles. The molecule has 34 heavy (non-hydrogen) atoms. The van der Waals surface area contributed by atoms with E-state index in [2.05, 4.69) is 31.3 Å². The van der Waals surface area contributed by atoms with Gasteiger partial charge in [0.05, 0.1) is 12.6 Å². The third-order valence-corrected chi connectivity index (χ3v) is 6.64. The molecular weight excluding hydrogens is 446 g/mol. The number of hydrogen-bond acceptors (Lipinski definition) is 4. The van der Waals surface area contributed by atoms with Gasteiger partial charge >= 0.3 is 5.69 Å². The molecule has 0 aliphatic carbocycles. The summed E-state index contributed by atoms with van der Waals surface area (Å²) in [5.74, 6) is 0.00911. The Bertz CT molecular complexity index is 1360. The highest BCUT2D eigenvalue weighted by atomic mass is 32.1. The highest BCUT2D eigenvalue weighted by Gasteiger charge is 2.19. The van der Waals surface area contributed by atoms with Gasteiger partial charge in [-0.25, -0.2) is 4.79 Å². The van der Waals surface area contributed by atoms with Crippen molar-refractivity contribution in [3.05, 3.63) is 127 Å². The summed E-state index contributed by atoms with van der Waals surface area (Å²) in [6.07, 6.45) is 1.47. The lowest BCUT2D eigenvalue weighted by atomic mass is 9.98. The van der Waals surface area contributed by atoms with Gasteiger partial charge in [-0.3, -0.25) is 18.7 Å². The van der Waals surface area contributed by atoms with Crippen LogP contribution in [0.25, 0.3) is 0 Å². The van der Waals surface area contributed by atoms with Crippen LogP contribution >= 0.6 is 11.3 Å². The predicted octanol–water partition coefficient (Wildman–Crippen LogP) is 4.15. The molecule has 0 spiro atoms. The molecule has 0 saturated heterocycles. The molecule has 1 amide bonds. The Morgan fingerprint density at radius 1 is 0.912 bits per heavy atom. The van der Waals surface area contributed by atoms with Crippen molar-refractivity contribution in [1.29, 1.82) is 0 Å². The molecule has 4 aromatic rings. The third kappa shape index (κ3) is 5.43. The number of carbonyl (C=O) groups excluding carboxylic acids is 1. The molecule has 2 heterocycles. The summed E-state index contributed by atoms with van der Waals surface area (Å²) in [6.45, 7) is 4.24. The van der Waals surface area contributed by atoms with E-state index in [1.165, 1.54) is 22.4 Å². The van der Waals surface area contributed by atoms with E-state index in [-0.39, 0.29) is 12.6 Å². The van der Waals surface area contributed by atoms with Crippen LogP contribution in [-0.2, 0) is 17.9 Å². The Morgan fingerprint density at radius 3 is 2.26 bits per heavy atom. The van der Waals surface area contributed by atoms with Crippen molar-refractivity contribution in [2.75, 3.05) is 0 Å². The monoisotopic (exact) mass is 473 g/mol. The van der Waals surface area contributed by atoms with Crippen molar-refractivity contribution >= 4 is 17.2 Å². The highest BCUT2D eigenvalue weighted by molar-refractivity contribution is 7.10. The molecule has 1 unspecified atom stereocenters. The minimum atomic E-state index is -0.513. The van der Waals surface area contributed by atoms with Crippen molar-refractivity contribution in [3.8, 4) is 0 Å². The van der Waals surface area contributed by atoms with Gasteiger partial charge in [0.15, 0.2) is 0 Å². The fourth-order valence-electron chi connectivity index (χ4n) is 3.80. The molecule has 1 atom stereocenters. The van der Waals surface area contributed by atoms with Gasteiger partial charge in [-0.15, -0.1) is 11.3 Å². The van der Waals surface area contributed by atoms with Gasteiger partial charge in [0.25, 0.3) is 5.56 Å². The normalized spacial score (nSPS) is 12.0. The van der Waals surface area contributed by atoms with Gasteiger partial charge in [0.2, 0.25) is 5.91 Å². The Morgan fingerprint density at radius 2 is 1.62 bits per heavy atom. The van der Waals surface area contributed by atoms with Crippen LogP contribution in [-0.4, -0.2) is 15.0 Å². The average Bonchev–Trinajstić information content (AvgIpc) is 3.37. The van der Waals surface area contributed by atoms with Crippen molar-refractivity contribution < 1.29 is 4.79 Å². The van der Waals surface area contributed by atoms with Crippen LogP contribution in [0.3, 0.4) is 0 Å². The van der Waals surface area contributed by atoms with Crippen LogP contribution in [0.1, 0.15) is 47.4 Å². The minimum Gasteiger partial charge on any atom is -0.343 e. The first-order valence-corrected chi connectivity index (χ1v) is 12.1. The zero-order valence-electron chi connectivity index (χ0n) is 19.2. The van der Waals surface area contributed by atoms with Crippen LogP contribution < -0.4 is 16.6 Å². The van der Waals surface area contributed by atoms with Crippen LogP contribution in [0.4, 0.5) is 0 Å². The second kappa shape index (κ2) is 10.5. The maximum atomic E-state index is 13.0. The number of hydrogen-bond donors (Lipinski definition) is 1. The quantitative estimate of drug-likeness (QED) is 0.418. The Labute approximate surface area is 202 Å². The highest BCUT2D eigenvalue weighted by Crippen LogP contribution is 2.27. The first kappa shape index (κ1) is 23.4. The van der Waals surface area contributed by atoms with Crippen LogP contribution in [0.5, 0.6) is 0 Å². The molecule has 174 valence electrons. The van der Waals surface area contributed by atoms with E-state index in [4.69, 9.17) is 0 Å². The predicted molar refractivity (Wildman–Crippen MR) is 135 cm³/mol. The second-order valence-corrected chi connectivity index (χ2v) is 9.45. The van der Waals surface area contributed by atoms with Gasteiger partial charge in [-0.1, -0.05) is 74.5 Å². The maximum Gasteiger partial charge on any atom is 0.331 e. The molecule has 1 N–H and O–H groups in total. The summed E-state index contributed by atoms with van der Waals surface area (Å²) in [4.78, 5) is 39.4. The summed E-state index contributed by atoms with van der Waals surface area (Å²) in [5.41, 5.74) is 2.08. The fourth-order valence-corrected chi connectivity index (χ4v) is 4.60. The molecule has 0 saturated carbocycles. The maximum absolute atomic E-state index is 13.0. The smallest absolute Gasteiger partial charge is 0.331 e. The van der Waals surface area contributed by atoms with Crippen molar-refractivity contribution in [2.24, 2.45) is 0 Å². The first-order chi connectivity index (χ1) is 16.4. The lowest BCUT2D eigenvalue weighted by molar-refractivity contribution is -0.122. The number of nitrogens with one attached hydrogen (secondary N) is 1. The molecule has 4 rings (SSSR count). The standard InChI is InChI=1S/C27H27N3O3S/c1-19(2)21-10-12-22(13-11-21)26(23-9-6-16-34-23)28-24(31)18-30-25(32)14-15-29(27(30)33)17-20-7-4-3-5-8-20/h3-16,19,26H,17-18H2,1-2H3,(H,28,31). The van der Waals surface area contributed by atoms with E-state index in [1.54, 1.807) is 11.3 Å². The van der Waals surface area contributed by atoms with E-state index in [1.807, 2.05) is 60.0 Å². The Hall–Kier alpha value is -3.71. The minimum absolute atomic E-state index is 0.321. The number of thiophene rings is 1. The third-order valence-electron chi connectivity index (χ3n) is 5.71. The number of nitrogens with zero attached hydrogens (tertiary/aromatic N) is 2. The SMILES string of the molecule is CC(C)c1ccc(C(NC(=O)Cn2c(=O)ccn(Cc3ccccc3)c2=O)c2cccs2)cc1. The molecule has 6 nitrogen and oxygen atoms in total. The number of aromatic nitrogens is 2. The molecule has 0 aliphatic heterocycles. The summed E-state index contributed by atoms with van der Waals surface area (Å²) in [5, 5.41) is 4.98.